The highest BCUT2D eigenvalue weighted by molar-refractivity contribution is 7.89. The first-order valence-electron chi connectivity index (χ1n) is 8.03. The zero-order valence-electron chi connectivity index (χ0n) is 14.2. The molecule has 0 aliphatic carbocycles. The number of aromatic carboxylic acids is 1. The van der Waals surface area contributed by atoms with Gasteiger partial charge in [-0.05, 0) is 37.1 Å². The second kappa shape index (κ2) is 8.13. The van der Waals surface area contributed by atoms with Crippen LogP contribution in [-0.2, 0) is 10.0 Å². The zero-order chi connectivity index (χ0) is 18.4. The summed E-state index contributed by atoms with van der Waals surface area (Å²) in [6, 6.07) is 12.8. The molecule has 0 fully saturated rings. The van der Waals surface area contributed by atoms with Crippen LogP contribution in [0, 0.1) is 0 Å². The van der Waals surface area contributed by atoms with Crippen molar-refractivity contribution in [3.8, 4) is 0 Å². The molecular weight excluding hydrogens is 340 g/mol. The Labute approximate surface area is 147 Å². The third-order valence-corrected chi connectivity index (χ3v) is 5.30. The van der Waals surface area contributed by atoms with E-state index >= 15 is 0 Å². The maximum atomic E-state index is 12.8. The molecule has 3 N–H and O–H groups in total. The molecule has 0 spiro atoms. The normalized spacial score (nSPS) is 12.6. The predicted octanol–water partition coefficient (Wildman–Crippen LogP) is 3.25. The van der Waals surface area contributed by atoms with Crippen molar-refractivity contribution >= 4 is 21.7 Å². The van der Waals surface area contributed by atoms with Gasteiger partial charge in [0.15, 0.2) is 0 Å². The Balaban J connectivity index is 2.38. The zero-order valence-corrected chi connectivity index (χ0v) is 15.0. The van der Waals surface area contributed by atoms with Crippen LogP contribution in [0.1, 0.15) is 42.2 Å². The molecule has 0 heterocycles. The highest BCUT2D eigenvalue weighted by atomic mass is 32.2. The summed E-state index contributed by atoms with van der Waals surface area (Å²) < 4.78 is 28.3. The largest absolute Gasteiger partial charge is 0.478 e. The summed E-state index contributed by atoms with van der Waals surface area (Å²) in [4.78, 5) is 11.1. The van der Waals surface area contributed by atoms with Gasteiger partial charge in [0, 0.05) is 12.6 Å². The van der Waals surface area contributed by atoms with Crippen molar-refractivity contribution in [2.45, 2.75) is 31.2 Å². The number of carbonyl (C=O) groups is 1. The van der Waals surface area contributed by atoms with E-state index < -0.39 is 22.0 Å². The number of nitrogens with one attached hydrogen (secondary N) is 2. The minimum Gasteiger partial charge on any atom is -0.478 e. The lowest BCUT2D eigenvalue weighted by atomic mass is 10.1. The van der Waals surface area contributed by atoms with Gasteiger partial charge in [0.05, 0.1) is 11.3 Å². The summed E-state index contributed by atoms with van der Waals surface area (Å²) in [5.74, 6) is -1.17. The second-order valence-electron chi connectivity index (χ2n) is 5.70. The highest BCUT2D eigenvalue weighted by Crippen LogP contribution is 2.25. The first kappa shape index (κ1) is 19.0. The number of hydrogen-bond acceptors (Lipinski definition) is 4. The van der Waals surface area contributed by atoms with E-state index in [2.05, 4.69) is 10.0 Å². The lowest BCUT2D eigenvalue weighted by Gasteiger charge is -2.17. The maximum Gasteiger partial charge on any atom is 0.335 e. The first-order valence-corrected chi connectivity index (χ1v) is 9.52. The van der Waals surface area contributed by atoms with Crippen LogP contribution in [0.25, 0.3) is 0 Å². The monoisotopic (exact) mass is 362 g/mol. The Hall–Kier alpha value is -2.38. The van der Waals surface area contributed by atoms with E-state index in [1.807, 2.05) is 37.3 Å². The van der Waals surface area contributed by atoms with E-state index in [0.717, 1.165) is 12.0 Å². The third kappa shape index (κ3) is 4.80. The van der Waals surface area contributed by atoms with E-state index in [1.54, 1.807) is 6.92 Å². The van der Waals surface area contributed by atoms with Gasteiger partial charge in [-0.3, -0.25) is 0 Å². The molecule has 0 saturated carbocycles. The summed E-state index contributed by atoms with van der Waals surface area (Å²) in [6.07, 6.45) is 0.814. The smallest absolute Gasteiger partial charge is 0.335 e. The molecule has 2 aromatic rings. The van der Waals surface area contributed by atoms with Crippen molar-refractivity contribution in [2.24, 2.45) is 0 Å². The van der Waals surface area contributed by atoms with Crippen molar-refractivity contribution in [1.29, 1.82) is 0 Å². The van der Waals surface area contributed by atoms with Gasteiger partial charge in [0.1, 0.15) is 4.90 Å². The Morgan fingerprint density at radius 1 is 1.16 bits per heavy atom. The van der Waals surface area contributed by atoms with E-state index in [4.69, 9.17) is 5.11 Å². The minimum absolute atomic E-state index is 0.0661. The lowest BCUT2D eigenvalue weighted by Crippen LogP contribution is -2.28. The predicted molar refractivity (Wildman–Crippen MR) is 97.4 cm³/mol. The van der Waals surface area contributed by atoms with Crippen LogP contribution in [0.5, 0.6) is 0 Å². The molecule has 25 heavy (non-hydrogen) atoms. The molecule has 0 bridgehead atoms. The summed E-state index contributed by atoms with van der Waals surface area (Å²) >= 11 is 0. The molecule has 1 atom stereocenters. The molecule has 0 aliphatic rings. The van der Waals surface area contributed by atoms with Crippen molar-refractivity contribution in [3.05, 3.63) is 59.7 Å². The number of rotatable bonds is 8. The average molecular weight is 362 g/mol. The number of carboxylic acids is 1. The van der Waals surface area contributed by atoms with Gasteiger partial charge in [0.2, 0.25) is 10.0 Å². The summed E-state index contributed by atoms with van der Waals surface area (Å²) in [6.45, 7) is 4.29. The molecule has 0 saturated heterocycles. The molecule has 0 radical (unpaired) electrons. The summed E-state index contributed by atoms with van der Waals surface area (Å²) in [5, 5.41) is 12.2. The van der Waals surface area contributed by atoms with Crippen LogP contribution in [0.4, 0.5) is 5.69 Å². The Kier molecular flexibility index (Phi) is 6.17. The van der Waals surface area contributed by atoms with E-state index in [9.17, 15) is 13.2 Å². The van der Waals surface area contributed by atoms with Gasteiger partial charge < -0.3 is 10.4 Å². The van der Waals surface area contributed by atoms with Gasteiger partial charge in [-0.15, -0.1) is 0 Å². The van der Waals surface area contributed by atoms with Gasteiger partial charge in [0.25, 0.3) is 0 Å². The standard InChI is InChI=1S/C18H22N2O4S/c1-3-11-19-16-10-9-15(18(21)22)12-17(16)25(23,24)20-13(2)14-7-5-4-6-8-14/h4-10,12-13,19-20H,3,11H2,1-2H3,(H,21,22)/t13-/m0/s1. The van der Waals surface area contributed by atoms with E-state index in [1.165, 1.54) is 18.2 Å². The fourth-order valence-electron chi connectivity index (χ4n) is 2.39. The molecule has 2 rings (SSSR count). The fourth-order valence-corrected chi connectivity index (χ4v) is 3.83. The molecule has 6 nitrogen and oxygen atoms in total. The van der Waals surface area contributed by atoms with E-state index in [0.29, 0.717) is 12.2 Å². The van der Waals surface area contributed by atoms with Gasteiger partial charge in [-0.25, -0.2) is 17.9 Å². The first-order chi connectivity index (χ1) is 11.8. The topological polar surface area (TPSA) is 95.5 Å². The van der Waals surface area contributed by atoms with Gasteiger partial charge in [-0.2, -0.15) is 0 Å². The Bertz CT molecular complexity index is 835. The quantitative estimate of drug-likeness (QED) is 0.670. The third-order valence-electron chi connectivity index (χ3n) is 3.72. The van der Waals surface area contributed by atoms with Crippen LogP contribution in [0.3, 0.4) is 0 Å². The molecule has 0 aromatic heterocycles. The van der Waals surface area contributed by atoms with Crippen LogP contribution in [-0.4, -0.2) is 26.0 Å². The van der Waals surface area contributed by atoms with Gasteiger partial charge in [-0.1, -0.05) is 37.3 Å². The summed E-state index contributed by atoms with van der Waals surface area (Å²) in [5.41, 5.74) is 1.14. The number of hydrogen-bond donors (Lipinski definition) is 3. The molecule has 0 aliphatic heterocycles. The van der Waals surface area contributed by atoms with Crippen molar-refractivity contribution in [1.82, 2.24) is 4.72 Å². The van der Waals surface area contributed by atoms with Crippen LogP contribution in [0.15, 0.2) is 53.4 Å². The number of anilines is 1. The number of carboxylic acid groups (broad SMARTS) is 1. The second-order valence-corrected chi connectivity index (χ2v) is 7.38. The molecule has 0 unspecified atom stereocenters. The van der Waals surface area contributed by atoms with E-state index in [-0.39, 0.29) is 10.5 Å². The van der Waals surface area contributed by atoms with Crippen LogP contribution in [0.2, 0.25) is 0 Å². The number of benzene rings is 2. The lowest BCUT2D eigenvalue weighted by molar-refractivity contribution is 0.0696. The molecule has 7 heteroatoms. The van der Waals surface area contributed by atoms with Crippen LogP contribution >= 0.6 is 0 Å². The Morgan fingerprint density at radius 3 is 2.44 bits per heavy atom. The molecule has 0 amide bonds. The SMILES string of the molecule is CCCNc1ccc(C(=O)O)cc1S(=O)(=O)N[C@@H](C)c1ccccc1. The van der Waals surface area contributed by atoms with Gasteiger partial charge >= 0.3 is 5.97 Å². The Morgan fingerprint density at radius 2 is 1.84 bits per heavy atom. The van der Waals surface area contributed by atoms with Crippen LogP contribution < -0.4 is 10.0 Å². The van der Waals surface area contributed by atoms with Crippen molar-refractivity contribution < 1.29 is 18.3 Å². The molecular formula is C18H22N2O4S. The average Bonchev–Trinajstić information content (AvgIpc) is 2.60. The molecule has 134 valence electrons. The number of sulfonamides is 1. The highest BCUT2D eigenvalue weighted by Gasteiger charge is 2.23. The van der Waals surface area contributed by atoms with Crippen molar-refractivity contribution in [2.75, 3.05) is 11.9 Å². The maximum absolute atomic E-state index is 12.8. The summed E-state index contributed by atoms with van der Waals surface area (Å²) in [7, 11) is -3.90. The molecule has 2 aromatic carbocycles. The fraction of sp³-hybridized carbons (Fsp3) is 0.278. The minimum atomic E-state index is -3.90. The van der Waals surface area contributed by atoms with Crippen molar-refractivity contribution in [3.63, 3.8) is 0 Å².